The molecule has 1 fully saturated rings. The van der Waals surface area contributed by atoms with Crippen molar-refractivity contribution in [2.75, 3.05) is 7.11 Å². The van der Waals surface area contributed by atoms with E-state index in [1.165, 1.54) is 60.9 Å². The van der Waals surface area contributed by atoms with E-state index in [2.05, 4.69) is 10.2 Å². The van der Waals surface area contributed by atoms with Crippen molar-refractivity contribution in [3.63, 3.8) is 0 Å². The van der Waals surface area contributed by atoms with Gasteiger partial charge in [0.15, 0.2) is 0 Å². The number of aryl methyl sites for hydroxylation is 1. The number of ether oxygens (including phenoxy) is 2. The van der Waals surface area contributed by atoms with Crippen LogP contribution in [-0.4, -0.2) is 59.6 Å². The van der Waals surface area contributed by atoms with Crippen molar-refractivity contribution in [3.8, 4) is 10.8 Å². The van der Waals surface area contributed by atoms with E-state index < -0.39 is 40.8 Å². The molecule has 14 heteroatoms. The van der Waals surface area contributed by atoms with Crippen molar-refractivity contribution in [1.29, 1.82) is 0 Å². The maximum absolute atomic E-state index is 14.6. The van der Waals surface area contributed by atoms with Crippen molar-refractivity contribution >= 4 is 27.5 Å². The number of halogens is 1. The average Bonchev–Trinajstić information content (AvgIpc) is 3.59. The number of carboxylic acid groups (broad SMARTS) is 1. The summed E-state index contributed by atoms with van der Waals surface area (Å²) in [7, 11) is 1.44. The summed E-state index contributed by atoms with van der Waals surface area (Å²) < 4.78 is 28.6. The molecule has 0 saturated heterocycles. The fraction of sp³-hybridized carbons (Fsp3) is 0.464. The van der Waals surface area contributed by atoms with Crippen LogP contribution in [0, 0.1) is 12.7 Å². The number of aromatic nitrogens is 5. The lowest BCUT2D eigenvalue weighted by molar-refractivity contribution is -0.146. The van der Waals surface area contributed by atoms with Crippen LogP contribution < -0.4 is 16.0 Å². The van der Waals surface area contributed by atoms with Crippen LogP contribution in [0.2, 0.25) is 0 Å². The Morgan fingerprint density at radius 2 is 1.86 bits per heavy atom. The smallest absolute Gasteiger partial charge is 0.333 e. The first-order chi connectivity index (χ1) is 19.9. The number of carboxylic acids is 1. The molecular formula is C28H32FN5O7S. The molecule has 1 aromatic carbocycles. The zero-order valence-electron chi connectivity index (χ0n) is 23.6. The van der Waals surface area contributed by atoms with Crippen LogP contribution >= 0.6 is 11.3 Å². The second-order valence-corrected chi connectivity index (χ2v) is 11.8. The van der Waals surface area contributed by atoms with E-state index in [9.17, 15) is 29.0 Å². The van der Waals surface area contributed by atoms with E-state index in [4.69, 9.17) is 9.47 Å². The number of benzene rings is 1. The monoisotopic (exact) mass is 601 g/mol. The molecule has 0 spiro atoms. The number of aliphatic carboxylic acids is 1. The normalized spacial score (nSPS) is 18.3. The maximum Gasteiger partial charge on any atom is 0.333 e. The lowest BCUT2D eigenvalue weighted by Crippen LogP contribution is -2.52. The van der Waals surface area contributed by atoms with Gasteiger partial charge in [-0.2, -0.15) is 10.2 Å². The lowest BCUT2D eigenvalue weighted by atomic mass is 9.94. The SMILES string of the molecule is COc1ccc(F)cc1[C@H](Cn1c(=O)n(C(C)(C)C(=O)O)c(=O)c2c(C)c(-n3nccn3)sc21)O[C@H]1CC[C@@H](O)CC1. The number of fused-ring (bicyclic) bond motifs is 1. The van der Waals surface area contributed by atoms with E-state index in [1.807, 2.05) is 0 Å². The maximum atomic E-state index is 14.6. The Kier molecular flexibility index (Phi) is 8.05. The molecule has 1 saturated carbocycles. The Morgan fingerprint density at radius 3 is 2.48 bits per heavy atom. The molecule has 0 amide bonds. The summed E-state index contributed by atoms with van der Waals surface area (Å²) in [4.78, 5) is 41.8. The fourth-order valence-electron chi connectivity index (χ4n) is 5.35. The third-order valence-corrected chi connectivity index (χ3v) is 9.04. The number of carbonyl (C=O) groups is 1. The number of nitrogens with zero attached hydrogens (tertiary/aromatic N) is 5. The van der Waals surface area contributed by atoms with Crippen molar-refractivity contribution in [3.05, 3.63) is 68.4 Å². The van der Waals surface area contributed by atoms with Crippen LogP contribution in [0.15, 0.2) is 40.2 Å². The molecule has 12 nitrogen and oxygen atoms in total. The second kappa shape index (κ2) is 11.4. The highest BCUT2D eigenvalue weighted by Gasteiger charge is 2.36. The molecule has 1 atom stereocenters. The fourth-order valence-corrected chi connectivity index (χ4v) is 6.57. The number of methoxy groups -OCH3 is 1. The lowest BCUT2D eigenvalue weighted by Gasteiger charge is -2.31. The van der Waals surface area contributed by atoms with Gasteiger partial charge >= 0.3 is 11.7 Å². The number of thiophene rings is 1. The highest BCUT2D eigenvalue weighted by atomic mass is 32.1. The quantitative estimate of drug-likeness (QED) is 0.295. The molecule has 4 aromatic rings. The minimum Gasteiger partial charge on any atom is -0.496 e. The van der Waals surface area contributed by atoms with Crippen molar-refractivity contribution in [2.45, 2.75) is 76.9 Å². The predicted molar refractivity (Wildman–Crippen MR) is 152 cm³/mol. The third kappa shape index (κ3) is 5.25. The van der Waals surface area contributed by atoms with Crippen molar-refractivity contribution in [1.82, 2.24) is 24.1 Å². The minimum absolute atomic E-state index is 0.145. The van der Waals surface area contributed by atoms with Gasteiger partial charge in [0.2, 0.25) is 0 Å². The van der Waals surface area contributed by atoms with Gasteiger partial charge in [-0.25, -0.2) is 18.5 Å². The highest BCUT2D eigenvalue weighted by molar-refractivity contribution is 7.21. The van der Waals surface area contributed by atoms with Gasteiger partial charge in [-0.3, -0.25) is 9.36 Å². The Hall–Kier alpha value is -3.88. The van der Waals surface area contributed by atoms with E-state index in [0.29, 0.717) is 47.6 Å². The number of aliphatic hydroxyl groups excluding tert-OH is 1. The van der Waals surface area contributed by atoms with Gasteiger partial charge in [-0.05, 0) is 64.7 Å². The Morgan fingerprint density at radius 1 is 1.19 bits per heavy atom. The molecule has 2 N–H and O–H groups in total. The van der Waals surface area contributed by atoms with E-state index in [1.54, 1.807) is 6.92 Å². The van der Waals surface area contributed by atoms with Gasteiger partial charge in [0.1, 0.15) is 33.0 Å². The van der Waals surface area contributed by atoms with Crippen LogP contribution in [0.4, 0.5) is 4.39 Å². The molecule has 0 radical (unpaired) electrons. The van der Waals surface area contributed by atoms with Crippen LogP contribution in [0.5, 0.6) is 5.75 Å². The van der Waals surface area contributed by atoms with Crippen LogP contribution in [-0.2, 0) is 21.6 Å². The molecule has 42 heavy (non-hydrogen) atoms. The first kappa shape index (κ1) is 29.6. The molecule has 224 valence electrons. The number of hydrogen-bond acceptors (Lipinski definition) is 9. The first-order valence-corrected chi connectivity index (χ1v) is 14.3. The second-order valence-electron chi connectivity index (χ2n) is 10.9. The van der Waals surface area contributed by atoms with Gasteiger partial charge in [-0.15, -0.1) is 4.80 Å². The molecular weight excluding hydrogens is 569 g/mol. The Balaban J connectivity index is 1.75. The Bertz CT molecular complexity index is 1740. The van der Waals surface area contributed by atoms with Crippen LogP contribution in [0.1, 0.15) is 56.8 Å². The molecule has 1 aliphatic rings. The van der Waals surface area contributed by atoms with Crippen molar-refractivity contribution in [2.24, 2.45) is 0 Å². The zero-order valence-corrected chi connectivity index (χ0v) is 24.4. The van der Waals surface area contributed by atoms with Crippen LogP contribution in [0.3, 0.4) is 0 Å². The summed E-state index contributed by atoms with van der Waals surface area (Å²) in [6.07, 6.45) is 3.47. The summed E-state index contributed by atoms with van der Waals surface area (Å²) in [6.45, 7) is 4.06. The van der Waals surface area contributed by atoms with Gasteiger partial charge in [0.25, 0.3) is 5.56 Å². The first-order valence-electron chi connectivity index (χ1n) is 13.5. The summed E-state index contributed by atoms with van der Waals surface area (Å²) in [5, 5.41) is 29.0. The molecule has 1 aliphatic carbocycles. The summed E-state index contributed by atoms with van der Waals surface area (Å²) in [5.41, 5.74) is -2.69. The van der Waals surface area contributed by atoms with Crippen molar-refractivity contribution < 1.29 is 28.9 Å². The number of rotatable bonds is 9. The minimum atomic E-state index is -1.89. The van der Waals surface area contributed by atoms with Gasteiger partial charge in [0.05, 0.1) is 43.6 Å². The molecule has 0 bridgehead atoms. The largest absolute Gasteiger partial charge is 0.496 e. The summed E-state index contributed by atoms with van der Waals surface area (Å²) >= 11 is 1.11. The molecule has 0 aliphatic heterocycles. The van der Waals surface area contributed by atoms with Gasteiger partial charge in [-0.1, -0.05) is 11.3 Å². The standard InChI is InChI=1S/C28H32FN5O7S/c1-15-22-23(36)33(28(2,3)26(37)38)27(39)32(25(22)42-24(15)34-30-11-12-31-34)14-21(41-18-8-6-17(35)7-9-18)19-13-16(29)5-10-20(19)40-4/h5,10-13,17-18,21,35H,6-9,14H2,1-4H3,(H,37,38)/t17-,18+,21-/m0/s1. The van der Waals surface area contributed by atoms with E-state index in [0.717, 1.165) is 15.9 Å². The summed E-state index contributed by atoms with van der Waals surface area (Å²) in [6, 6.07) is 4.00. The zero-order chi connectivity index (χ0) is 30.3. The molecule has 5 rings (SSSR count). The van der Waals surface area contributed by atoms with Gasteiger partial charge in [0, 0.05) is 11.1 Å². The molecule has 3 aromatic heterocycles. The average molecular weight is 602 g/mol. The summed E-state index contributed by atoms with van der Waals surface area (Å²) in [5.74, 6) is -1.56. The number of hydrogen-bond donors (Lipinski definition) is 2. The highest BCUT2D eigenvalue weighted by Crippen LogP contribution is 2.36. The topological polar surface area (TPSA) is 151 Å². The molecule has 0 unspecified atom stereocenters. The Labute approximate surface area is 243 Å². The van der Waals surface area contributed by atoms with E-state index >= 15 is 0 Å². The third-order valence-electron chi connectivity index (χ3n) is 7.76. The molecule has 3 heterocycles. The van der Waals surface area contributed by atoms with Crippen LogP contribution in [0.25, 0.3) is 15.2 Å². The van der Waals surface area contributed by atoms with Gasteiger partial charge < -0.3 is 19.7 Å². The number of aliphatic hydroxyl groups is 1. The predicted octanol–water partition coefficient (Wildman–Crippen LogP) is 3.14. The van der Waals surface area contributed by atoms with E-state index in [-0.39, 0.29) is 22.9 Å².